The van der Waals surface area contributed by atoms with Crippen LogP contribution in [0.3, 0.4) is 0 Å². The topological polar surface area (TPSA) is 43.8 Å². The van der Waals surface area contributed by atoms with Crippen molar-refractivity contribution in [3.05, 3.63) is 18.5 Å². The molecule has 1 unspecified atom stereocenters. The molecule has 0 bridgehead atoms. The van der Waals surface area contributed by atoms with E-state index in [0.717, 1.165) is 6.42 Å². The van der Waals surface area contributed by atoms with Crippen LogP contribution in [0.5, 0.6) is 0 Å². The summed E-state index contributed by atoms with van der Waals surface area (Å²) in [4.78, 5) is 0. The van der Waals surface area contributed by atoms with E-state index in [-0.39, 0.29) is 6.17 Å². The van der Waals surface area contributed by atoms with Gasteiger partial charge in [-0.2, -0.15) is 5.10 Å². The highest BCUT2D eigenvalue weighted by Gasteiger charge is 2.01. The van der Waals surface area contributed by atoms with Crippen LogP contribution < -0.4 is 5.73 Å². The molecule has 0 aliphatic heterocycles. The molecule has 0 amide bonds. The summed E-state index contributed by atoms with van der Waals surface area (Å²) in [5, 5.41) is 4.06. The Morgan fingerprint density at radius 2 is 2.45 bits per heavy atom. The van der Waals surface area contributed by atoms with Gasteiger partial charge in [-0.1, -0.05) is 19.8 Å². The van der Waals surface area contributed by atoms with Gasteiger partial charge >= 0.3 is 0 Å². The molecule has 3 heteroatoms. The van der Waals surface area contributed by atoms with E-state index in [1.807, 2.05) is 12.3 Å². The summed E-state index contributed by atoms with van der Waals surface area (Å²) in [5.74, 6) is 0. The molecule has 3 nitrogen and oxygen atoms in total. The lowest BCUT2D eigenvalue weighted by atomic mass is 10.2. The van der Waals surface area contributed by atoms with Gasteiger partial charge in [0.1, 0.15) is 0 Å². The second-order valence-electron chi connectivity index (χ2n) is 2.70. The van der Waals surface area contributed by atoms with E-state index in [2.05, 4.69) is 12.0 Å². The summed E-state index contributed by atoms with van der Waals surface area (Å²) in [6.45, 7) is 2.16. The second-order valence-corrected chi connectivity index (χ2v) is 2.70. The highest BCUT2D eigenvalue weighted by Crippen LogP contribution is 2.06. The summed E-state index contributed by atoms with van der Waals surface area (Å²) < 4.78 is 1.80. The first-order chi connectivity index (χ1) is 5.34. The number of rotatable bonds is 4. The van der Waals surface area contributed by atoms with E-state index < -0.39 is 0 Å². The maximum atomic E-state index is 5.83. The Morgan fingerprint density at radius 1 is 1.64 bits per heavy atom. The van der Waals surface area contributed by atoms with Crippen LogP contribution in [0, 0.1) is 0 Å². The highest BCUT2D eigenvalue weighted by atomic mass is 15.3. The Labute approximate surface area is 67.2 Å². The quantitative estimate of drug-likeness (QED) is 0.713. The van der Waals surface area contributed by atoms with Crippen LogP contribution in [0.1, 0.15) is 32.4 Å². The summed E-state index contributed by atoms with van der Waals surface area (Å²) >= 11 is 0. The van der Waals surface area contributed by atoms with Gasteiger partial charge in [0.05, 0.1) is 6.17 Å². The molecule has 0 fully saturated rings. The summed E-state index contributed by atoms with van der Waals surface area (Å²) in [5.41, 5.74) is 5.83. The largest absolute Gasteiger partial charge is 0.310 e. The lowest BCUT2D eigenvalue weighted by Crippen LogP contribution is -2.18. The van der Waals surface area contributed by atoms with Crippen molar-refractivity contribution < 1.29 is 0 Å². The summed E-state index contributed by atoms with van der Waals surface area (Å²) in [6.07, 6.45) is 7.09. The van der Waals surface area contributed by atoms with E-state index >= 15 is 0 Å². The fourth-order valence-corrected chi connectivity index (χ4v) is 1.02. The van der Waals surface area contributed by atoms with Crippen molar-refractivity contribution in [2.45, 2.75) is 32.4 Å². The van der Waals surface area contributed by atoms with Gasteiger partial charge in [-0.3, -0.25) is 4.68 Å². The van der Waals surface area contributed by atoms with Crippen LogP contribution in [0.15, 0.2) is 18.5 Å². The van der Waals surface area contributed by atoms with E-state index in [1.54, 1.807) is 10.9 Å². The maximum absolute atomic E-state index is 5.83. The van der Waals surface area contributed by atoms with Gasteiger partial charge in [0.15, 0.2) is 0 Å². The molecule has 2 N–H and O–H groups in total. The zero-order valence-electron chi connectivity index (χ0n) is 6.90. The minimum Gasteiger partial charge on any atom is -0.310 e. The van der Waals surface area contributed by atoms with Crippen LogP contribution in [0.2, 0.25) is 0 Å². The first-order valence-corrected chi connectivity index (χ1v) is 4.09. The molecule has 1 heterocycles. The van der Waals surface area contributed by atoms with Gasteiger partial charge in [0.2, 0.25) is 0 Å². The van der Waals surface area contributed by atoms with Crippen molar-refractivity contribution in [2.75, 3.05) is 0 Å². The third-order valence-corrected chi connectivity index (χ3v) is 1.72. The van der Waals surface area contributed by atoms with E-state index in [0.29, 0.717) is 0 Å². The van der Waals surface area contributed by atoms with Gasteiger partial charge in [0, 0.05) is 12.4 Å². The zero-order chi connectivity index (χ0) is 8.10. The van der Waals surface area contributed by atoms with Crippen LogP contribution in [-0.4, -0.2) is 9.78 Å². The molecule has 0 saturated carbocycles. The van der Waals surface area contributed by atoms with E-state index in [4.69, 9.17) is 5.73 Å². The molecule has 1 rings (SSSR count). The molecule has 62 valence electrons. The summed E-state index contributed by atoms with van der Waals surface area (Å²) in [6, 6.07) is 1.89. The molecule has 0 saturated heterocycles. The van der Waals surface area contributed by atoms with Crippen molar-refractivity contribution in [1.29, 1.82) is 0 Å². The average Bonchev–Trinajstić information content (AvgIpc) is 2.52. The van der Waals surface area contributed by atoms with Crippen LogP contribution >= 0.6 is 0 Å². The molecule has 1 aromatic rings. The summed E-state index contributed by atoms with van der Waals surface area (Å²) in [7, 11) is 0. The maximum Gasteiger partial charge on any atom is 0.0988 e. The van der Waals surface area contributed by atoms with E-state index in [1.165, 1.54) is 12.8 Å². The Balaban J connectivity index is 2.36. The number of hydrogen-bond donors (Lipinski definition) is 1. The second kappa shape index (κ2) is 4.13. The molecule has 11 heavy (non-hydrogen) atoms. The normalized spacial score (nSPS) is 13.3. The third-order valence-electron chi connectivity index (χ3n) is 1.72. The monoisotopic (exact) mass is 153 g/mol. The van der Waals surface area contributed by atoms with Crippen molar-refractivity contribution in [3.63, 3.8) is 0 Å². The van der Waals surface area contributed by atoms with E-state index in [9.17, 15) is 0 Å². The fraction of sp³-hybridized carbons (Fsp3) is 0.625. The Hall–Kier alpha value is -0.830. The van der Waals surface area contributed by atoms with Crippen LogP contribution in [0.4, 0.5) is 0 Å². The molecular weight excluding hydrogens is 138 g/mol. The fourth-order valence-electron chi connectivity index (χ4n) is 1.02. The Morgan fingerprint density at radius 3 is 3.00 bits per heavy atom. The number of nitrogens with two attached hydrogens (primary N) is 1. The van der Waals surface area contributed by atoms with Gasteiger partial charge in [-0.25, -0.2) is 0 Å². The third kappa shape index (κ3) is 2.35. The van der Waals surface area contributed by atoms with Crippen molar-refractivity contribution in [2.24, 2.45) is 5.73 Å². The molecule has 1 atom stereocenters. The lowest BCUT2D eigenvalue weighted by molar-refractivity contribution is 0.425. The molecular formula is C8H15N3. The first kappa shape index (κ1) is 8.27. The highest BCUT2D eigenvalue weighted by molar-refractivity contribution is 4.79. The SMILES string of the molecule is CCCCC(N)n1cccn1. The van der Waals surface area contributed by atoms with Gasteiger partial charge < -0.3 is 5.73 Å². The van der Waals surface area contributed by atoms with Gasteiger partial charge in [-0.05, 0) is 12.5 Å². The molecule has 1 aromatic heterocycles. The molecule has 0 spiro atoms. The average molecular weight is 153 g/mol. The standard InChI is InChI=1S/C8H15N3/c1-2-3-5-8(9)11-7-4-6-10-11/h4,6-8H,2-3,5,9H2,1H3. The molecule has 0 aromatic carbocycles. The minimum atomic E-state index is 0.0601. The van der Waals surface area contributed by atoms with Crippen molar-refractivity contribution in [1.82, 2.24) is 9.78 Å². The van der Waals surface area contributed by atoms with Crippen molar-refractivity contribution in [3.8, 4) is 0 Å². The van der Waals surface area contributed by atoms with Crippen LogP contribution in [-0.2, 0) is 0 Å². The Bertz CT molecular complexity index is 181. The number of aromatic nitrogens is 2. The van der Waals surface area contributed by atoms with Crippen molar-refractivity contribution >= 4 is 0 Å². The number of unbranched alkanes of at least 4 members (excludes halogenated alkanes) is 1. The number of hydrogen-bond acceptors (Lipinski definition) is 2. The zero-order valence-corrected chi connectivity index (χ0v) is 6.90. The first-order valence-electron chi connectivity index (χ1n) is 4.09. The smallest absolute Gasteiger partial charge is 0.0988 e. The molecule has 0 radical (unpaired) electrons. The van der Waals surface area contributed by atoms with Gasteiger partial charge in [-0.15, -0.1) is 0 Å². The van der Waals surface area contributed by atoms with Crippen LogP contribution in [0.25, 0.3) is 0 Å². The van der Waals surface area contributed by atoms with Gasteiger partial charge in [0.25, 0.3) is 0 Å². The number of nitrogens with zero attached hydrogens (tertiary/aromatic N) is 2. The predicted molar refractivity (Wildman–Crippen MR) is 45.0 cm³/mol. The Kier molecular flexibility index (Phi) is 3.11. The predicted octanol–water partition coefficient (Wildman–Crippen LogP) is 1.53. The minimum absolute atomic E-state index is 0.0601. The molecule has 0 aliphatic carbocycles. The molecule has 0 aliphatic rings. The lowest BCUT2D eigenvalue weighted by Gasteiger charge is -2.10.